The zero-order chi connectivity index (χ0) is 21.3. The topological polar surface area (TPSA) is 57.2 Å². The van der Waals surface area contributed by atoms with E-state index in [4.69, 9.17) is 0 Å². The molecule has 0 rings (SSSR count). The Hall–Kier alpha value is 0.260. The molecule has 0 heterocycles. The van der Waals surface area contributed by atoms with E-state index in [1.165, 1.54) is 114 Å². The van der Waals surface area contributed by atoms with E-state index in [0.29, 0.717) is 6.42 Å². The lowest BCUT2D eigenvalue weighted by Gasteiger charge is -2.00. The van der Waals surface area contributed by atoms with Crippen LogP contribution in [0.2, 0.25) is 0 Å². The normalized spacial score (nSPS) is 11.3. The van der Waals surface area contributed by atoms with Crippen LogP contribution in [0.3, 0.4) is 0 Å². The number of hydrogen-bond donors (Lipinski definition) is 0. The van der Waals surface area contributed by atoms with Crippen LogP contribution in [0.25, 0.3) is 0 Å². The zero-order valence-electron chi connectivity index (χ0n) is 19.2. The van der Waals surface area contributed by atoms with Gasteiger partial charge in [0.15, 0.2) is 0 Å². The van der Waals surface area contributed by atoms with Crippen molar-refractivity contribution < 1.29 is 13.0 Å². The Balaban J connectivity index is 0. The van der Waals surface area contributed by atoms with E-state index in [1.807, 2.05) is 0 Å². The molecule has 0 fully saturated rings. The summed E-state index contributed by atoms with van der Waals surface area (Å²) < 4.78 is 29.0. The lowest BCUT2D eigenvalue weighted by Crippen LogP contribution is -2.01. The summed E-state index contributed by atoms with van der Waals surface area (Å²) in [6.45, 7) is 6.24. The third kappa shape index (κ3) is 33.8. The van der Waals surface area contributed by atoms with Gasteiger partial charge in [0, 0.05) is 5.75 Å². The van der Waals surface area contributed by atoms with E-state index in [0.717, 1.165) is 0 Å². The third-order valence-corrected chi connectivity index (χ3v) is 6.97. The summed E-state index contributed by atoms with van der Waals surface area (Å²) in [6.07, 6.45) is 23.8. The molecule has 0 aliphatic rings. The molecular formula is C23H50O3S2. The van der Waals surface area contributed by atoms with Crippen molar-refractivity contribution in [2.75, 3.05) is 17.3 Å². The largest absolute Gasteiger partial charge is 0.748 e. The van der Waals surface area contributed by atoms with Crippen LogP contribution in [0, 0.1) is 0 Å². The van der Waals surface area contributed by atoms with E-state index in [9.17, 15) is 13.0 Å². The molecule has 0 bridgehead atoms. The average molecular weight is 439 g/mol. The van der Waals surface area contributed by atoms with E-state index >= 15 is 0 Å². The van der Waals surface area contributed by atoms with Gasteiger partial charge in [-0.15, -0.1) is 0 Å². The van der Waals surface area contributed by atoms with Gasteiger partial charge in [0.2, 0.25) is 0 Å². The first-order valence-corrected chi connectivity index (χ1v) is 14.9. The first-order chi connectivity index (χ1) is 13.5. The van der Waals surface area contributed by atoms with Gasteiger partial charge in [-0.05, 0) is 43.9 Å². The Kier molecular flexibility index (Phi) is 27.5. The second kappa shape index (κ2) is 25.3. The molecule has 0 aliphatic heterocycles. The highest BCUT2D eigenvalue weighted by Gasteiger charge is 1.99. The van der Waals surface area contributed by atoms with Crippen LogP contribution >= 0.6 is 0 Å². The van der Waals surface area contributed by atoms with Gasteiger partial charge in [-0.1, -0.05) is 97.8 Å². The van der Waals surface area contributed by atoms with Crippen molar-refractivity contribution in [3.8, 4) is 0 Å². The van der Waals surface area contributed by atoms with Crippen LogP contribution in [-0.4, -0.2) is 30.2 Å². The Morgan fingerprint density at radius 3 is 1.11 bits per heavy atom. The maximum absolute atomic E-state index is 9.68. The van der Waals surface area contributed by atoms with Crippen LogP contribution in [0.4, 0.5) is 0 Å². The molecule has 0 unspecified atom stereocenters. The highest BCUT2D eigenvalue weighted by Crippen LogP contribution is 2.10. The smallest absolute Gasteiger partial charge is 0.105 e. The quantitative estimate of drug-likeness (QED) is 0.0887. The molecule has 0 aliphatic carbocycles. The van der Waals surface area contributed by atoms with Gasteiger partial charge >= 0.3 is 0 Å². The minimum Gasteiger partial charge on any atom is -0.748 e. The fraction of sp³-hybridized carbons (Fsp3) is 1.00. The van der Waals surface area contributed by atoms with E-state index in [1.54, 1.807) is 18.7 Å². The first kappa shape index (κ1) is 30.5. The van der Waals surface area contributed by atoms with Crippen LogP contribution < -0.4 is 0 Å². The summed E-state index contributed by atoms with van der Waals surface area (Å²) in [5.74, 6) is 2.68. The molecule has 0 amide bonds. The minimum atomic E-state index is -3.92. The van der Waals surface area contributed by atoms with Gasteiger partial charge in [-0.2, -0.15) is 0 Å². The lowest BCUT2D eigenvalue weighted by molar-refractivity contribution is 0.462. The van der Waals surface area contributed by atoms with Gasteiger partial charge < -0.3 is 4.55 Å². The van der Waals surface area contributed by atoms with Crippen molar-refractivity contribution in [2.24, 2.45) is 0 Å². The van der Waals surface area contributed by atoms with Crippen LogP contribution in [-0.2, 0) is 21.9 Å². The Bertz CT molecular complexity index is 352. The lowest BCUT2D eigenvalue weighted by atomic mass is 10.1. The predicted octanol–water partition coefficient (Wildman–Crippen LogP) is 7.02. The first-order valence-electron chi connectivity index (χ1n) is 12.0. The molecule has 0 aromatic heterocycles. The van der Waals surface area contributed by atoms with Gasteiger partial charge in [-0.3, -0.25) is 0 Å². The summed E-state index contributed by atoms with van der Waals surface area (Å²) in [6, 6.07) is 0. The number of thiol groups is 1. The molecule has 0 radical (unpaired) electrons. The molecule has 0 aromatic rings. The number of unbranched alkanes of at least 4 members (excludes halogenated alkanes) is 14. The van der Waals surface area contributed by atoms with E-state index < -0.39 is 10.1 Å². The fourth-order valence-corrected chi connectivity index (χ4v) is 4.69. The van der Waals surface area contributed by atoms with Crippen molar-refractivity contribution >= 4 is 21.9 Å². The highest BCUT2D eigenvalue weighted by molar-refractivity contribution is 7.85. The van der Waals surface area contributed by atoms with Gasteiger partial charge in [0.25, 0.3) is 0 Å². The molecule has 3 nitrogen and oxygen atoms in total. The Morgan fingerprint density at radius 1 is 0.536 bits per heavy atom. The summed E-state index contributed by atoms with van der Waals surface area (Å²) in [5.41, 5.74) is 0. The average Bonchev–Trinajstić information content (AvgIpc) is 2.64. The molecule has 172 valence electrons. The second-order valence-electron chi connectivity index (χ2n) is 7.88. The molecule has 0 saturated carbocycles. The molecule has 28 heavy (non-hydrogen) atoms. The summed E-state index contributed by atoms with van der Waals surface area (Å²) in [5, 5.41) is 0. The van der Waals surface area contributed by atoms with Gasteiger partial charge in [0.05, 0.1) is 10.1 Å². The standard InChI is InChI=1S/C20H42S.C3H8O3S/c1-3-5-7-9-11-13-15-17-19-21-20-18-16-14-12-10-8-6-4-2;1-2-3-7(4,5)6/h3-20H2,1-2H3;2-3H2,1H3,(H,4,5,6). The van der Waals surface area contributed by atoms with E-state index in [-0.39, 0.29) is 5.75 Å². The second-order valence-corrected chi connectivity index (χ2v) is 10.7. The fourth-order valence-electron chi connectivity index (χ4n) is 3.08. The van der Waals surface area contributed by atoms with Crippen LogP contribution in [0.5, 0.6) is 0 Å². The van der Waals surface area contributed by atoms with Gasteiger partial charge in [0.1, 0.15) is 11.5 Å². The molecule has 0 N–H and O–H groups in total. The van der Waals surface area contributed by atoms with Crippen molar-refractivity contribution in [3.63, 3.8) is 0 Å². The third-order valence-electron chi connectivity index (χ3n) is 4.79. The van der Waals surface area contributed by atoms with Crippen LogP contribution in [0.1, 0.15) is 130 Å². The van der Waals surface area contributed by atoms with Crippen molar-refractivity contribution in [1.82, 2.24) is 0 Å². The van der Waals surface area contributed by atoms with Crippen molar-refractivity contribution in [2.45, 2.75) is 130 Å². The van der Waals surface area contributed by atoms with E-state index in [2.05, 4.69) is 13.8 Å². The maximum atomic E-state index is 9.68. The summed E-state index contributed by atoms with van der Waals surface area (Å²) in [4.78, 5) is 0. The SMILES string of the molecule is CCCCCCCCCC[SH+]CCCCCCCCCC.CCCS(=O)(=O)[O-]. The van der Waals surface area contributed by atoms with Gasteiger partial charge in [-0.25, -0.2) is 8.42 Å². The summed E-state index contributed by atoms with van der Waals surface area (Å²) in [7, 11) is -3.92. The zero-order valence-corrected chi connectivity index (χ0v) is 20.9. The molecule has 0 spiro atoms. The number of rotatable bonds is 20. The summed E-state index contributed by atoms with van der Waals surface area (Å²) >= 11 is 1.73. The molecular weight excluding hydrogens is 388 g/mol. The van der Waals surface area contributed by atoms with Crippen molar-refractivity contribution in [1.29, 1.82) is 0 Å². The predicted molar refractivity (Wildman–Crippen MR) is 129 cm³/mol. The Labute approximate surface area is 182 Å². The molecule has 0 aromatic carbocycles. The minimum absolute atomic E-state index is 0.243. The maximum Gasteiger partial charge on any atom is 0.105 e. The molecule has 0 atom stereocenters. The number of hydrogen-bond acceptors (Lipinski definition) is 3. The van der Waals surface area contributed by atoms with Crippen LogP contribution in [0.15, 0.2) is 0 Å². The highest BCUT2D eigenvalue weighted by atomic mass is 32.2. The molecule has 0 saturated heterocycles. The Morgan fingerprint density at radius 2 is 0.857 bits per heavy atom. The monoisotopic (exact) mass is 438 g/mol. The molecule has 5 heteroatoms. The van der Waals surface area contributed by atoms with Crippen molar-refractivity contribution in [3.05, 3.63) is 0 Å².